The maximum absolute atomic E-state index is 13.7. The summed E-state index contributed by atoms with van der Waals surface area (Å²) in [5, 5.41) is 3.10. The highest BCUT2D eigenvalue weighted by molar-refractivity contribution is 5.21. The Bertz CT molecular complexity index is 520. The van der Waals surface area contributed by atoms with Crippen LogP contribution in [-0.4, -0.2) is 13.6 Å². The molecule has 0 aliphatic carbocycles. The monoisotopic (exact) mass is 275 g/mol. The van der Waals surface area contributed by atoms with Crippen molar-refractivity contribution in [3.63, 3.8) is 0 Å². The molecule has 1 unspecified atom stereocenters. The van der Waals surface area contributed by atoms with E-state index in [1.165, 1.54) is 23.8 Å². The molecule has 0 aromatic heterocycles. The fourth-order valence-corrected chi connectivity index (χ4v) is 2.47. The highest BCUT2D eigenvalue weighted by Gasteiger charge is 2.16. The van der Waals surface area contributed by atoms with Crippen LogP contribution in [0.15, 0.2) is 48.5 Å². The Morgan fingerprint density at radius 2 is 1.55 bits per heavy atom. The Hall–Kier alpha value is -1.74. The standard InChI is InChI=1S/C17H19F2N/c1-20-12-14(10-13-6-3-2-4-7-13)11-15-16(18)8-5-9-17(15)19/h2-9,14,20H,10-12H2,1H3. The van der Waals surface area contributed by atoms with Crippen molar-refractivity contribution >= 4 is 0 Å². The maximum Gasteiger partial charge on any atom is 0.129 e. The largest absolute Gasteiger partial charge is 0.319 e. The minimum absolute atomic E-state index is 0.161. The van der Waals surface area contributed by atoms with E-state index in [9.17, 15) is 8.78 Å². The van der Waals surface area contributed by atoms with E-state index in [2.05, 4.69) is 5.32 Å². The SMILES string of the molecule is CNCC(Cc1ccccc1)Cc1c(F)cccc1F. The van der Waals surface area contributed by atoms with E-state index in [1.807, 2.05) is 37.4 Å². The van der Waals surface area contributed by atoms with Gasteiger partial charge in [-0.2, -0.15) is 0 Å². The van der Waals surface area contributed by atoms with Gasteiger partial charge in [0.2, 0.25) is 0 Å². The van der Waals surface area contributed by atoms with Crippen LogP contribution < -0.4 is 5.32 Å². The van der Waals surface area contributed by atoms with Crippen LogP contribution >= 0.6 is 0 Å². The Balaban J connectivity index is 2.13. The zero-order chi connectivity index (χ0) is 14.4. The van der Waals surface area contributed by atoms with Gasteiger partial charge in [0.1, 0.15) is 11.6 Å². The maximum atomic E-state index is 13.7. The van der Waals surface area contributed by atoms with Crippen LogP contribution in [0.1, 0.15) is 11.1 Å². The Morgan fingerprint density at radius 1 is 0.900 bits per heavy atom. The third-order valence-electron chi connectivity index (χ3n) is 3.41. The van der Waals surface area contributed by atoms with Crippen molar-refractivity contribution in [3.8, 4) is 0 Å². The number of halogens is 2. The Kier molecular flexibility index (Phi) is 5.24. The van der Waals surface area contributed by atoms with Crippen LogP contribution in [0.5, 0.6) is 0 Å². The lowest BCUT2D eigenvalue weighted by atomic mass is 9.92. The molecule has 1 atom stereocenters. The highest BCUT2D eigenvalue weighted by atomic mass is 19.1. The van der Waals surface area contributed by atoms with Crippen LogP contribution in [0.4, 0.5) is 8.78 Å². The normalized spacial score (nSPS) is 12.3. The number of hydrogen-bond acceptors (Lipinski definition) is 1. The molecule has 0 aliphatic heterocycles. The van der Waals surface area contributed by atoms with Gasteiger partial charge in [0.25, 0.3) is 0 Å². The van der Waals surface area contributed by atoms with E-state index in [4.69, 9.17) is 0 Å². The number of hydrogen-bond donors (Lipinski definition) is 1. The van der Waals surface area contributed by atoms with Crippen molar-refractivity contribution in [1.82, 2.24) is 5.32 Å². The molecule has 0 radical (unpaired) electrons. The van der Waals surface area contributed by atoms with E-state index in [-0.39, 0.29) is 11.5 Å². The number of rotatable bonds is 6. The van der Waals surface area contributed by atoms with Gasteiger partial charge in [-0.05, 0) is 50.0 Å². The first-order valence-electron chi connectivity index (χ1n) is 6.82. The lowest BCUT2D eigenvalue weighted by Gasteiger charge is -2.17. The summed E-state index contributed by atoms with van der Waals surface area (Å²) in [4.78, 5) is 0. The van der Waals surface area contributed by atoms with Crippen LogP contribution in [-0.2, 0) is 12.8 Å². The highest BCUT2D eigenvalue weighted by Crippen LogP contribution is 2.19. The molecule has 3 heteroatoms. The minimum atomic E-state index is -0.459. The Labute approximate surface area is 118 Å². The molecule has 2 aromatic carbocycles. The van der Waals surface area contributed by atoms with Gasteiger partial charge in [-0.25, -0.2) is 8.78 Å². The molecule has 0 heterocycles. The van der Waals surface area contributed by atoms with Gasteiger partial charge >= 0.3 is 0 Å². The van der Waals surface area contributed by atoms with Crippen molar-refractivity contribution in [2.24, 2.45) is 5.92 Å². The molecular weight excluding hydrogens is 256 g/mol. The van der Waals surface area contributed by atoms with Crippen LogP contribution in [0.3, 0.4) is 0 Å². The summed E-state index contributed by atoms with van der Waals surface area (Å²) in [6.45, 7) is 0.725. The van der Waals surface area contributed by atoms with Crippen LogP contribution in [0, 0.1) is 17.6 Å². The molecule has 0 spiro atoms. The van der Waals surface area contributed by atoms with E-state index in [0.717, 1.165) is 13.0 Å². The summed E-state index contributed by atoms with van der Waals surface area (Å²) >= 11 is 0. The van der Waals surface area contributed by atoms with E-state index in [0.29, 0.717) is 6.42 Å². The van der Waals surface area contributed by atoms with Gasteiger partial charge in [-0.1, -0.05) is 36.4 Å². The molecule has 20 heavy (non-hydrogen) atoms. The molecule has 0 amide bonds. The van der Waals surface area contributed by atoms with Crippen molar-refractivity contribution in [1.29, 1.82) is 0 Å². The molecule has 0 bridgehead atoms. The third-order valence-corrected chi connectivity index (χ3v) is 3.41. The number of benzene rings is 2. The summed E-state index contributed by atoms with van der Waals surface area (Å²) in [7, 11) is 1.86. The smallest absolute Gasteiger partial charge is 0.129 e. The molecule has 106 valence electrons. The third kappa shape index (κ3) is 3.87. The molecule has 0 saturated heterocycles. The Morgan fingerprint density at radius 3 is 2.15 bits per heavy atom. The molecule has 0 saturated carbocycles. The molecular formula is C17H19F2N. The van der Waals surface area contributed by atoms with Crippen molar-refractivity contribution in [2.75, 3.05) is 13.6 Å². The zero-order valence-corrected chi connectivity index (χ0v) is 11.6. The zero-order valence-electron chi connectivity index (χ0n) is 11.6. The molecule has 1 nitrogen and oxygen atoms in total. The van der Waals surface area contributed by atoms with Crippen molar-refractivity contribution in [3.05, 3.63) is 71.3 Å². The summed E-state index contributed by atoms with van der Waals surface area (Å²) in [5.41, 5.74) is 1.37. The first kappa shape index (κ1) is 14.7. The predicted molar refractivity (Wildman–Crippen MR) is 77.6 cm³/mol. The summed E-state index contributed by atoms with van der Waals surface area (Å²) in [6.07, 6.45) is 1.20. The van der Waals surface area contributed by atoms with Crippen LogP contribution in [0.25, 0.3) is 0 Å². The number of nitrogens with one attached hydrogen (secondary N) is 1. The summed E-state index contributed by atoms with van der Waals surface area (Å²) in [5.74, 6) is -0.757. The molecule has 2 rings (SSSR count). The fraction of sp³-hybridized carbons (Fsp3) is 0.294. The van der Waals surface area contributed by atoms with Gasteiger partial charge in [-0.15, -0.1) is 0 Å². The first-order valence-corrected chi connectivity index (χ1v) is 6.82. The molecule has 2 aromatic rings. The van der Waals surface area contributed by atoms with Gasteiger partial charge in [-0.3, -0.25) is 0 Å². The van der Waals surface area contributed by atoms with Crippen LogP contribution in [0.2, 0.25) is 0 Å². The molecule has 0 aliphatic rings. The second-order valence-corrected chi connectivity index (χ2v) is 5.02. The fourth-order valence-electron chi connectivity index (χ4n) is 2.47. The van der Waals surface area contributed by atoms with Gasteiger partial charge in [0.15, 0.2) is 0 Å². The topological polar surface area (TPSA) is 12.0 Å². The average molecular weight is 275 g/mol. The second-order valence-electron chi connectivity index (χ2n) is 5.02. The lowest BCUT2D eigenvalue weighted by Crippen LogP contribution is -2.23. The van der Waals surface area contributed by atoms with E-state index < -0.39 is 11.6 Å². The van der Waals surface area contributed by atoms with Gasteiger partial charge in [0, 0.05) is 5.56 Å². The molecule has 1 N–H and O–H groups in total. The van der Waals surface area contributed by atoms with Gasteiger partial charge < -0.3 is 5.32 Å². The van der Waals surface area contributed by atoms with E-state index in [1.54, 1.807) is 0 Å². The quantitative estimate of drug-likeness (QED) is 0.849. The summed E-state index contributed by atoms with van der Waals surface area (Å²) < 4.78 is 27.5. The van der Waals surface area contributed by atoms with Crippen molar-refractivity contribution in [2.45, 2.75) is 12.8 Å². The second kappa shape index (κ2) is 7.15. The van der Waals surface area contributed by atoms with E-state index >= 15 is 0 Å². The van der Waals surface area contributed by atoms with Gasteiger partial charge in [0.05, 0.1) is 0 Å². The lowest BCUT2D eigenvalue weighted by molar-refractivity contribution is 0.462. The molecule has 0 fully saturated rings. The predicted octanol–water partition coefficient (Wildman–Crippen LogP) is 3.59. The average Bonchev–Trinajstić information content (AvgIpc) is 2.44. The van der Waals surface area contributed by atoms with Crippen molar-refractivity contribution < 1.29 is 8.78 Å². The summed E-state index contributed by atoms with van der Waals surface area (Å²) in [6, 6.07) is 14.0. The first-order chi connectivity index (χ1) is 9.70. The minimum Gasteiger partial charge on any atom is -0.319 e.